The fraction of sp³-hybridized carbons (Fsp3) is 1.00. The van der Waals surface area contributed by atoms with E-state index in [1.807, 2.05) is 0 Å². The number of rotatable bonds is 0. The van der Waals surface area contributed by atoms with Gasteiger partial charge >= 0.3 is 0 Å². The lowest BCUT2D eigenvalue weighted by Crippen LogP contribution is -2.36. The monoisotopic (exact) mass is 302 g/mol. The number of hydrogen-bond donors (Lipinski definition) is 0. The van der Waals surface area contributed by atoms with Gasteiger partial charge in [0, 0.05) is 12.8 Å². The molecule has 0 unspecified atom stereocenters. The highest BCUT2D eigenvalue weighted by atomic mass is 17.9. The lowest BCUT2D eigenvalue weighted by atomic mass is 9.72. The third-order valence-corrected chi connectivity index (χ3v) is 5.42. The molecule has 122 valence electrons. The lowest BCUT2D eigenvalue weighted by molar-refractivity contribution is -0.716. The zero-order chi connectivity index (χ0) is 14.4. The van der Waals surface area contributed by atoms with Crippen molar-refractivity contribution in [2.24, 2.45) is 5.41 Å². The van der Waals surface area contributed by atoms with Crippen LogP contribution < -0.4 is 0 Å². The van der Waals surface area contributed by atoms with E-state index in [2.05, 4.69) is 20.2 Å². The highest BCUT2D eigenvalue weighted by Crippen LogP contribution is 2.47. The van der Waals surface area contributed by atoms with Crippen LogP contribution in [0, 0.1) is 5.41 Å². The molecule has 1 heterocycles. The topological polar surface area (TPSA) is 55.4 Å². The molecule has 2 aliphatic carbocycles. The van der Waals surface area contributed by atoms with Crippen LogP contribution in [0.2, 0.25) is 0 Å². The summed E-state index contributed by atoms with van der Waals surface area (Å²) in [6.07, 6.45) is 15.4. The van der Waals surface area contributed by atoms with Crippen LogP contribution in [0.3, 0.4) is 0 Å². The fourth-order valence-electron chi connectivity index (χ4n) is 4.11. The minimum absolute atomic E-state index is 0.425. The molecule has 0 aromatic carbocycles. The second-order valence-corrected chi connectivity index (χ2v) is 6.82. The summed E-state index contributed by atoms with van der Waals surface area (Å²) in [4.78, 5) is 10.6. The molecule has 21 heavy (non-hydrogen) atoms. The van der Waals surface area contributed by atoms with Crippen molar-refractivity contribution < 1.29 is 29.9 Å². The Morgan fingerprint density at radius 1 is 0.429 bits per heavy atom. The summed E-state index contributed by atoms with van der Waals surface area (Å²) >= 11 is 0. The van der Waals surface area contributed by atoms with Gasteiger partial charge in [0.2, 0.25) is 5.79 Å². The van der Waals surface area contributed by atoms with Gasteiger partial charge in [0.05, 0.1) is 0 Å². The highest BCUT2D eigenvalue weighted by Gasteiger charge is 2.42. The molecular weight excluding hydrogens is 276 g/mol. The van der Waals surface area contributed by atoms with Crippen LogP contribution in [-0.4, -0.2) is 5.79 Å². The maximum Gasteiger partial charge on any atom is 0.240 e. The van der Waals surface area contributed by atoms with Crippen LogP contribution in [0.5, 0.6) is 0 Å². The first-order valence-electron chi connectivity index (χ1n) is 8.36. The summed E-state index contributed by atoms with van der Waals surface area (Å²) in [7, 11) is 0. The Morgan fingerprint density at radius 3 is 1.57 bits per heavy atom. The average Bonchev–Trinajstić information content (AvgIpc) is 2.83. The molecule has 0 aromatic heterocycles. The van der Waals surface area contributed by atoms with Crippen LogP contribution in [0.25, 0.3) is 0 Å². The standard InChI is InChI=1S/C15H26O6/c1-2-5-9-14(8-4-1)10-6-3-7-11-15(13-12-14)16-18-20-21-19-17-15/h1-13H2. The summed E-state index contributed by atoms with van der Waals surface area (Å²) in [5.74, 6) is -0.917. The minimum Gasteiger partial charge on any atom is -0.165 e. The van der Waals surface area contributed by atoms with Crippen LogP contribution >= 0.6 is 0 Å². The summed E-state index contributed by atoms with van der Waals surface area (Å²) in [5, 5.41) is 17.5. The average molecular weight is 302 g/mol. The van der Waals surface area contributed by atoms with E-state index in [1.165, 1.54) is 57.8 Å². The smallest absolute Gasteiger partial charge is 0.165 e. The predicted octanol–water partition coefficient (Wildman–Crippen LogP) is 4.46. The van der Waals surface area contributed by atoms with Gasteiger partial charge in [-0.2, -0.15) is 9.78 Å². The van der Waals surface area contributed by atoms with E-state index in [0.29, 0.717) is 5.41 Å². The molecule has 6 heteroatoms. The molecule has 0 radical (unpaired) electrons. The summed E-state index contributed by atoms with van der Waals surface area (Å²) in [6.45, 7) is 0. The lowest BCUT2D eigenvalue weighted by Gasteiger charge is -2.35. The summed E-state index contributed by atoms with van der Waals surface area (Å²) < 4.78 is 0. The predicted molar refractivity (Wildman–Crippen MR) is 71.7 cm³/mol. The van der Waals surface area contributed by atoms with Crippen molar-refractivity contribution in [3.63, 3.8) is 0 Å². The van der Waals surface area contributed by atoms with Gasteiger partial charge in [-0.15, -0.1) is 0 Å². The summed E-state index contributed by atoms with van der Waals surface area (Å²) in [6, 6.07) is 0. The molecular formula is C15H26O6. The van der Waals surface area contributed by atoms with E-state index in [4.69, 9.17) is 9.78 Å². The molecule has 6 nitrogen and oxygen atoms in total. The van der Waals surface area contributed by atoms with Crippen molar-refractivity contribution in [1.29, 1.82) is 0 Å². The molecule has 0 amide bonds. The van der Waals surface area contributed by atoms with Gasteiger partial charge in [0.15, 0.2) is 0 Å². The second-order valence-electron chi connectivity index (χ2n) is 6.82. The van der Waals surface area contributed by atoms with Gasteiger partial charge in [-0.25, -0.2) is 0 Å². The maximum atomic E-state index is 5.29. The quantitative estimate of drug-likeness (QED) is 0.616. The Bertz CT molecular complexity index is 275. The van der Waals surface area contributed by atoms with Crippen LogP contribution in [0.15, 0.2) is 0 Å². The van der Waals surface area contributed by atoms with Crippen molar-refractivity contribution in [3.8, 4) is 0 Å². The summed E-state index contributed by atoms with van der Waals surface area (Å²) in [5.41, 5.74) is 0.425. The third kappa shape index (κ3) is 4.15. The first-order valence-corrected chi connectivity index (χ1v) is 8.36. The Labute approximate surface area is 125 Å². The first-order chi connectivity index (χ1) is 10.3. The maximum absolute atomic E-state index is 5.29. The molecule has 0 atom stereocenters. The van der Waals surface area contributed by atoms with Crippen LogP contribution in [-0.2, 0) is 29.9 Å². The van der Waals surface area contributed by atoms with Gasteiger partial charge in [-0.05, 0) is 57.7 Å². The molecule has 2 spiro atoms. The molecule has 3 rings (SSSR count). The van der Waals surface area contributed by atoms with Crippen molar-refractivity contribution in [3.05, 3.63) is 0 Å². The van der Waals surface area contributed by atoms with Gasteiger partial charge in [-0.3, -0.25) is 0 Å². The molecule has 3 aliphatic rings. The van der Waals surface area contributed by atoms with Gasteiger partial charge in [0.1, 0.15) is 0 Å². The molecule has 2 saturated carbocycles. The zero-order valence-electron chi connectivity index (χ0n) is 12.6. The normalized spacial score (nSPS) is 30.9. The van der Waals surface area contributed by atoms with Gasteiger partial charge in [-0.1, -0.05) is 38.5 Å². The van der Waals surface area contributed by atoms with Crippen LogP contribution in [0.4, 0.5) is 0 Å². The zero-order valence-corrected chi connectivity index (χ0v) is 12.6. The largest absolute Gasteiger partial charge is 0.240 e. The van der Waals surface area contributed by atoms with Gasteiger partial charge in [0.25, 0.3) is 0 Å². The van der Waals surface area contributed by atoms with Crippen molar-refractivity contribution in [2.75, 3.05) is 0 Å². The molecule has 3 fully saturated rings. The van der Waals surface area contributed by atoms with Crippen molar-refractivity contribution in [1.82, 2.24) is 0 Å². The van der Waals surface area contributed by atoms with E-state index < -0.39 is 5.79 Å². The van der Waals surface area contributed by atoms with Crippen LogP contribution in [0.1, 0.15) is 83.5 Å². The van der Waals surface area contributed by atoms with E-state index in [9.17, 15) is 0 Å². The molecule has 1 saturated heterocycles. The van der Waals surface area contributed by atoms with E-state index in [1.54, 1.807) is 0 Å². The Morgan fingerprint density at radius 2 is 0.952 bits per heavy atom. The Hall–Kier alpha value is -0.240. The van der Waals surface area contributed by atoms with Crippen molar-refractivity contribution in [2.45, 2.75) is 89.3 Å². The fourth-order valence-corrected chi connectivity index (χ4v) is 4.11. The third-order valence-electron chi connectivity index (χ3n) is 5.42. The molecule has 1 aliphatic heterocycles. The minimum atomic E-state index is -0.917. The Balaban J connectivity index is 1.70. The Kier molecular flexibility index (Phi) is 5.48. The van der Waals surface area contributed by atoms with E-state index >= 15 is 0 Å². The second kappa shape index (κ2) is 7.35. The SMILES string of the molecule is C1CCCC2(CC1)CCCCCC1(CC2)OOOOOO1. The van der Waals surface area contributed by atoms with E-state index in [0.717, 1.165) is 25.7 Å². The van der Waals surface area contributed by atoms with Gasteiger partial charge < -0.3 is 0 Å². The van der Waals surface area contributed by atoms with E-state index in [-0.39, 0.29) is 0 Å². The van der Waals surface area contributed by atoms with Crippen molar-refractivity contribution >= 4 is 0 Å². The molecule has 0 N–H and O–H groups in total. The number of hydrogen-bond acceptors (Lipinski definition) is 6. The first kappa shape index (κ1) is 15.6. The molecule has 0 aromatic rings. The molecule has 0 bridgehead atoms. The highest BCUT2D eigenvalue weighted by molar-refractivity contribution is 4.85.